The highest BCUT2D eigenvalue weighted by atomic mass is 16.5. The van der Waals surface area contributed by atoms with Crippen LogP contribution in [0.1, 0.15) is 18.5 Å². The van der Waals surface area contributed by atoms with Crippen LogP contribution in [0.5, 0.6) is 5.75 Å². The van der Waals surface area contributed by atoms with E-state index in [2.05, 4.69) is 47.4 Å². The van der Waals surface area contributed by atoms with Crippen molar-refractivity contribution in [2.24, 2.45) is 0 Å². The summed E-state index contributed by atoms with van der Waals surface area (Å²) in [5.74, 6) is 1.02. The summed E-state index contributed by atoms with van der Waals surface area (Å²) in [6, 6.07) is 8.79. The van der Waals surface area contributed by atoms with Gasteiger partial charge in [-0.25, -0.2) is 0 Å². The van der Waals surface area contributed by atoms with Crippen molar-refractivity contribution in [3.05, 3.63) is 29.8 Å². The molecule has 1 heterocycles. The molecule has 1 aliphatic rings. The third-order valence-electron chi connectivity index (χ3n) is 3.84. The molecule has 1 aliphatic heterocycles. The molecule has 112 valence electrons. The maximum Gasteiger partial charge on any atom is 0.124 e. The Bertz CT molecular complexity index is 402. The van der Waals surface area contributed by atoms with Gasteiger partial charge in [-0.3, -0.25) is 4.90 Å². The molecule has 4 nitrogen and oxygen atoms in total. The van der Waals surface area contributed by atoms with Crippen LogP contribution in [0.3, 0.4) is 0 Å². The van der Waals surface area contributed by atoms with Crippen molar-refractivity contribution in [2.45, 2.75) is 13.0 Å². The molecule has 1 unspecified atom stereocenters. The molecule has 4 heteroatoms. The van der Waals surface area contributed by atoms with Gasteiger partial charge < -0.3 is 15.0 Å². The van der Waals surface area contributed by atoms with E-state index in [1.165, 1.54) is 5.56 Å². The van der Waals surface area contributed by atoms with Crippen LogP contribution in [0.15, 0.2) is 24.3 Å². The fourth-order valence-corrected chi connectivity index (χ4v) is 2.72. The number of piperazine rings is 1. The first kappa shape index (κ1) is 15.3. The maximum atomic E-state index is 5.80. The molecule has 0 saturated carbocycles. The molecule has 1 N–H and O–H groups in total. The summed E-state index contributed by atoms with van der Waals surface area (Å²) in [5.41, 5.74) is 1.29. The maximum absolute atomic E-state index is 5.80. The van der Waals surface area contributed by atoms with Gasteiger partial charge in [-0.1, -0.05) is 18.2 Å². The van der Waals surface area contributed by atoms with Crippen LogP contribution in [-0.2, 0) is 0 Å². The lowest BCUT2D eigenvalue weighted by molar-refractivity contribution is 0.165. The summed E-state index contributed by atoms with van der Waals surface area (Å²) in [4.78, 5) is 4.82. The molecule has 1 aromatic carbocycles. The highest BCUT2D eigenvalue weighted by molar-refractivity contribution is 5.36. The molecule has 0 aromatic heterocycles. The highest BCUT2D eigenvalue weighted by Gasteiger charge is 2.22. The molecule has 1 fully saturated rings. The second-order valence-electron chi connectivity index (χ2n) is 5.50. The topological polar surface area (TPSA) is 27.7 Å². The minimum atomic E-state index is 0.371. The van der Waals surface area contributed by atoms with Crippen LogP contribution < -0.4 is 10.1 Å². The predicted octanol–water partition coefficient (Wildman–Crippen LogP) is 1.59. The van der Waals surface area contributed by atoms with E-state index in [0.29, 0.717) is 12.6 Å². The SMILES string of the molecule is CCOc1ccccc1C(CN1CCNCC1)N(C)C. The fourth-order valence-electron chi connectivity index (χ4n) is 2.72. The van der Waals surface area contributed by atoms with Gasteiger partial charge in [0.2, 0.25) is 0 Å². The number of ether oxygens (including phenoxy) is 1. The first-order valence-corrected chi connectivity index (χ1v) is 7.53. The Morgan fingerprint density at radius 3 is 2.60 bits per heavy atom. The number of likely N-dealkylation sites (N-methyl/N-ethyl adjacent to an activating group) is 1. The number of hydrogen-bond acceptors (Lipinski definition) is 4. The van der Waals surface area contributed by atoms with Gasteiger partial charge in [0, 0.05) is 38.3 Å². The fraction of sp³-hybridized carbons (Fsp3) is 0.625. The second-order valence-corrected chi connectivity index (χ2v) is 5.50. The zero-order valence-corrected chi connectivity index (χ0v) is 12.9. The van der Waals surface area contributed by atoms with Crippen molar-refractivity contribution in [2.75, 3.05) is 53.4 Å². The molecule has 0 bridgehead atoms. The van der Waals surface area contributed by atoms with Crippen molar-refractivity contribution in [3.63, 3.8) is 0 Å². The normalized spacial score (nSPS) is 18.2. The number of para-hydroxylation sites is 1. The Morgan fingerprint density at radius 1 is 1.25 bits per heavy atom. The minimum Gasteiger partial charge on any atom is -0.494 e. The van der Waals surface area contributed by atoms with E-state index in [-0.39, 0.29) is 0 Å². The highest BCUT2D eigenvalue weighted by Crippen LogP contribution is 2.29. The average Bonchev–Trinajstić information content (AvgIpc) is 2.47. The molecule has 1 saturated heterocycles. The largest absolute Gasteiger partial charge is 0.494 e. The number of rotatable bonds is 6. The third-order valence-corrected chi connectivity index (χ3v) is 3.84. The molecule has 0 radical (unpaired) electrons. The van der Waals surface area contributed by atoms with E-state index in [0.717, 1.165) is 38.5 Å². The summed E-state index contributed by atoms with van der Waals surface area (Å²) in [5, 5.41) is 3.41. The number of benzene rings is 1. The van der Waals surface area contributed by atoms with Crippen LogP contribution in [0.2, 0.25) is 0 Å². The summed E-state index contributed by atoms with van der Waals surface area (Å²) in [6.45, 7) is 8.24. The second kappa shape index (κ2) is 7.62. The first-order chi connectivity index (χ1) is 9.72. The van der Waals surface area contributed by atoms with Crippen molar-refractivity contribution < 1.29 is 4.74 Å². The first-order valence-electron chi connectivity index (χ1n) is 7.53. The molecule has 0 amide bonds. The van der Waals surface area contributed by atoms with E-state index >= 15 is 0 Å². The summed E-state index contributed by atoms with van der Waals surface area (Å²) in [7, 11) is 4.30. The van der Waals surface area contributed by atoms with Gasteiger partial charge in [-0.15, -0.1) is 0 Å². The third kappa shape index (κ3) is 3.95. The predicted molar refractivity (Wildman–Crippen MR) is 83.3 cm³/mol. The molecular weight excluding hydrogens is 250 g/mol. The molecule has 20 heavy (non-hydrogen) atoms. The lowest BCUT2D eigenvalue weighted by Gasteiger charge is -2.34. The summed E-state index contributed by atoms with van der Waals surface area (Å²) >= 11 is 0. The van der Waals surface area contributed by atoms with Crippen LogP contribution in [0, 0.1) is 0 Å². The molecule has 0 spiro atoms. The lowest BCUT2D eigenvalue weighted by Crippen LogP contribution is -2.46. The quantitative estimate of drug-likeness (QED) is 0.855. The van der Waals surface area contributed by atoms with Gasteiger partial charge in [-0.2, -0.15) is 0 Å². The van der Waals surface area contributed by atoms with Gasteiger partial charge in [0.05, 0.1) is 12.6 Å². The average molecular weight is 277 g/mol. The zero-order valence-electron chi connectivity index (χ0n) is 12.9. The Hall–Kier alpha value is -1.10. The van der Waals surface area contributed by atoms with Crippen molar-refractivity contribution in [3.8, 4) is 5.75 Å². The number of hydrogen-bond donors (Lipinski definition) is 1. The molecular formula is C16H27N3O. The Kier molecular flexibility index (Phi) is 5.83. The monoisotopic (exact) mass is 277 g/mol. The van der Waals surface area contributed by atoms with Crippen LogP contribution in [0.4, 0.5) is 0 Å². The van der Waals surface area contributed by atoms with Crippen molar-refractivity contribution in [1.29, 1.82) is 0 Å². The minimum absolute atomic E-state index is 0.371. The Morgan fingerprint density at radius 2 is 1.95 bits per heavy atom. The molecule has 2 rings (SSSR count). The molecule has 0 aliphatic carbocycles. The molecule has 1 atom stereocenters. The summed E-state index contributed by atoms with van der Waals surface area (Å²) in [6.07, 6.45) is 0. The number of nitrogens with one attached hydrogen (secondary N) is 1. The van der Waals surface area contributed by atoms with Crippen molar-refractivity contribution in [1.82, 2.24) is 15.1 Å². The lowest BCUT2D eigenvalue weighted by atomic mass is 10.0. The van der Waals surface area contributed by atoms with E-state index < -0.39 is 0 Å². The van der Waals surface area contributed by atoms with E-state index in [9.17, 15) is 0 Å². The van der Waals surface area contributed by atoms with Gasteiger partial charge in [0.15, 0.2) is 0 Å². The van der Waals surface area contributed by atoms with Crippen LogP contribution in [-0.4, -0.2) is 63.2 Å². The van der Waals surface area contributed by atoms with E-state index in [1.807, 2.05) is 13.0 Å². The Labute approximate surface area is 122 Å². The zero-order chi connectivity index (χ0) is 14.4. The van der Waals surface area contributed by atoms with Gasteiger partial charge in [-0.05, 0) is 27.1 Å². The summed E-state index contributed by atoms with van der Waals surface area (Å²) < 4.78 is 5.80. The Balaban J connectivity index is 2.15. The van der Waals surface area contributed by atoms with E-state index in [4.69, 9.17) is 4.74 Å². The van der Waals surface area contributed by atoms with Crippen LogP contribution in [0.25, 0.3) is 0 Å². The smallest absolute Gasteiger partial charge is 0.124 e. The standard InChI is InChI=1S/C16H27N3O/c1-4-20-16-8-6-5-7-14(16)15(18(2)3)13-19-11-9-17-10-12-19/h5-8,15,17H,4,9-13H2,1-3H3. The molecule has 1 aromatic rings. The van der Waals surface area contributed by atoms with Crippen molar-refractivity contribution >= 4 is 0 Å². The van der Waals surface area contributed by atoms with E-state index in [1.54, 1.807) is 0 Å². The van der Waals surface area contributed by atoms with Gasteiger partial charge >= 0.3 is 0 Å². The van der Waals surface area contributed by atoms with Gasteiger partial charge in [0.1, 0.15) is 5.75 Å². The van der Waals surface area contributed by atoms with Crippen LogP contribution >= 0.6 is 0 Å². The van der Waals surface area contributed by atoms with Gasteiger partial charge in [0.25, 0.3) is 0 Å². The number of nitrogens with zero attached hydrogens (tertiary/aromatic N) is 2.